The molecule has 0 amide bonds. The van der Waals surface area contributed by atoms with Crippen LogP contribution < -0.4 is 0 Å². The molecule has 0 fully saturated rings. The van der Waals surface area contributed by atoms with Crippen molar-refractivity contribution in [1.82, 2.24) is 0 Å². The molecule has 3 rings (SSSR count). The second-order valence-electron chi connectivity index (χ2n) is 4.22. The SMILES string of the molecule is Cc1c2c(c(C)c3ccccc13)C(=O)OC2=O. The second-order valence-corrected chi connectivity index (χ2v) is 4.22. The summed E-state index contributed by atoms with van der Waals surface area (Å²) < 4.78 is 4.69. The first-order valence-electron chi connectivity index (χ1n) is 5.39. The van der Waals surface area contributed by atoms with Crippen LogP contribution in [0.25, 0.3) is 10.8 Å². The van der Waals surface area contributed by atoms with Crippen molar-refractivity contribution >= 4 is 22.7 Å². The molecule has 0 bridgehead atoms. The number of esters is 2. The van der Waals surface area contributed by atoms with Crippen molar-refractivity contribution in [2.75, 3.05) is 0 Å². The molecule has 3 nitrogen and oxygen atoms in total. The van der Waals surface area contributed by atoms with E-state index in [1.54, 1.807) is 0 Å². The van der Waals surface area contributed by atoms with Crippen LogP contribution >= 0.6 is 0 Å². The predicted molar refractivity (Wildman–Crippen MR) is 63.2 cm³/mol. The molecule has 0 aromatic heterocycles. The van der Waals surface area contributed by atoms with E-state index in [1.807, 2.05) is 38.1 Å². The van der Waals surface area contributed by atoms with Crippen molar-refractivity contribution in [3.05, 3.63) is 46.5 Å². The van der Waals surface area contributed by atoms with Gasteiger partial charge in [0.1, 0.15) is 0 Å². The van der Waals surface area contributed by atoms with Gasteiger partial charge in [-0.2, -0.15) is 0 Å². The lowest BCUT2D eigenvalue weighted by Crippen LogP contribution is -2.00. The normalized spacial score (nSPS) is 14.0. The van der Waals surface area contributed by atoms with Crippen molar-refractivity contribution in [2.45, 2.75) is 13.8 Å². The highest BCUT2D eigenvalue weighted by molar-refractivity contribution is 6.19. The number of benzene rings is 2. The molecule has 0 aliphatic carbocycles. The van der Waals surface area contributed by atoms with Gasteiger partial charge in [0.05, 0.1) is 11.1 Å². The molecule has 0 spiro atoms. The van der Waals surface area contributed by atoms with Gasteiger partial charge in [0.15, 0.2) is 0 Å². The lowest BCUT2D eigenvalue weighted by molar-refractivity contribution is 0.0443. The summed E-state index contributed by atoms with van der Waals surface area (Å²) in [5, 5.41) is 1.99. The number of rotatable bonds is 0. The average molecular weight is 226 g/mol. The van der Waals surface area contributed by atoms with Gasteiger partial charge in [-0.3, -0.25) is 0 Å². The summed E-state index contributed by atoms with van der Waals surface area (Å²) in [5.41, 5.74) is 2.48. The Labute approximate surface area is 98.0 Å². The number of hydrogen-bond donors (Lipinski definition) is 0. The monoisotopic (exact) mass is 226 g/mol. The number of carbonyl (C=O) groups excluding carboxylic acids is 2. The van der Waals surface area contributed by atoms with E-state index in [-0.39, 0.29) is 0 Å². The van der Waals surface area contributed by atoms with Crippen LogP contribution in [0.3, 0.4) is 0 Å². The van der Waals surface area contributed by atoms with E-state index < -0.39 is 11.9 Å². The molecular weight excluding hydrogens is 216 g/mol. The van der Waals surface area contributed by atoms with E-state index in [2.05, 4.69) is 4.74 Å². The van der Waals surface area contributed by atoms with Gasteiger partial charge in [0.2, 0.25) is 0 Å². The fraction of sp³-hybridized carbons (Fsp3) is 0.143. The van der Waals surface area contributed by atoms with Crippen LogP contribution in [0.1, 0.15) is 31.8 Å². The molecular formula is C14H10O3. The Kier molecular flexibility index (Phi) is 1.87. The standard InChI is InChI=1S/C14H10O3/c1-7-9-5-3-4-6-10(9)8(2)12-11(7)13(15)17-14(12)16/h3-6H,1-2H3. The predicted octanol–water partition coefficient (Wildman–Crippen LogP) is 2.77. The molecule has 0 unspecified atom stereocenters. The molecule has 2 aromatic rings. The van der Waals surface area contributed by atoms with Crippen LogP contribution in [-0.4, -0.2) is 11.9 Å². The Morgan fingerprint density at radius 1 is 0.824 bits per heavy atom. The van der Waals surface area contributed by atoms with E-state index in [9.17, 15) is 9.59 Å². The van der Waals surface area contributed by atoms with Crippen LogP contribution in [0.2, 0.25) is 0 Å². The van der Waals surface area contributed by atoms with Crippen molar-refractivity contribution < 1.29 is 14.3 Å². The molecule has 0 saturated heterocycles. The number of hydrogen-bond acceptors (Lipinski definition) is 3. The first-order valence-corrected chi connectivity index (χ1v) is 5.39. The molecule has 0 N–H and O–H groups in total. The van der Waals surface area contributed by atoms with Gasteiger partial charge in [-0.15, -0.1) is 0 Å². The molecule has 0 saturated carbocycles. The molecule has 0 atom stereocenters. The minimum atomic E-state index is -0.531. The van der Waals surface area contributed by atoms with Crippen LogP contribution in [-0.2, 0) is 4.74 Å². The van der Waals surface area contributed by atoms with Gasteiger partial charge in [-0.25, -0.2) is 9.59 Å². The van der Waals surface area contributed by atoms with Crippen molar-refractivity contribution in [2.24, 2.45) is 0 Å². The number of carbonyl (C=O) groups is 2. The number of aryl methyl sites for hydroxylation is 2. The number of ether oxygens (including phenoxy) is 1. The Hall–Kier alpha value is -2.16. The number of fused-ring (bicyclic) bond motifs is 2. The Balaban J connectivity index is 2.57. The van der Waals surface area contributed by atoms with Crippen LogP contribution in [0.15, 0.2) is 24.3 Å². The van der Waals surface area contributed by atoms with Crippen LogP contribution in [0.5, 0.6) is 0 Å². The van der Waals surface area contributed by atoms with Gasteiger partial charge in [0, 0.05) is 0 Å². The topological polar surface area (TPSA) is 43.4 Å². The summed E-state index contributed by atoms with van der Waals surface area (Å²) in [5.74, 6) is -1.06. The molecule has 2 aromatic carbocycles. The van der Waals surface area contributed by atoms with E-state index in [0.29, 0.717) is 11.1 Å². The maximum Gasteiger partial charge on any atom is 0.347 e. The summed E-state index contributed by atoms with van der Waals surface area (Å²) in [4.78, 5) is 23.3. The Morgan fingerprint density at radius 2 is 1.24 bits per heavy atom. The third-order valence-electron chi connectivity index (χ3n) is 3.33. The molecule has 1 aliphatic rings. The lowest BCUT2D eigenvalue weighted by atomic mass is 9.91. The molecule has 0 radical (unpaired) electrons. The highest BCUT2D eigenvalue weighted by Crippen LogP contribution is 2.33. The molecule has 1 heterocycles. The van der Waals surface area contributed by atoms with E-state index >= 15 is 0 Å². The lowest BCUT2D eigenvalue weighted by Gasteiger charge is -2.09. The molecule has 17 heavy (non-hydrogen) atoms. The zero-order valence-electron chi connectivity index (χ0n) is 9.53. The number of cyclic esters (lactones) is 2. The molecule has 84 valence electrons. The van der Waals surface area contributed by atoms with Gasteiger partial charge in [0.25, 0.3) is 0 Å². The summed E-state index contributed by atoms with van der Waals surface area (Å²) in [6.07, 6.45) is 0. The Morgan fingerprint density at radius 3 is 1.65 bits per heavy atom. The fourth-order valence-corrected chi connectivity index (χ4v) is 2.48. The minimum Gasteiger partial charge on any atom is -0.386 e. The zero-order chi connectivity index (χ0) is 12.2. The van der Waals surface area contributed by atoms with E-state index in [0.717, 1.165) is 21.9 Å². The highest BCUT2D eigenvalue weighted by Gasteiger charge is 2.34. The van der Waals surface area contributed by atoms with Crippen LogP contribution in [0, 0.1) is 13.8 Å². The van der Waals surface area contributed by atoms with E-state index in [1.165, 1.54) is 0 Å². The zero-order valence-corrected chi connectivity index (χ0v) is 9.53. The Bertz CT molecular complexity index is 625. The molecule has 3 heteroatoms. The van der Waals surface area contributed by atoms with Gasteiger partial charge < -0.3 is 4.74 Å². The van der Waals surface area contributed by atoms with Crippen molar-refractivity contribution in [1.29, 1.82) is 0 Å². The largest absolute Gasteiger partial charge is 0.386 e. The third kappa shape index (κ3) is 1.16. The van der Waals surface area contributed by atoms with Crippen molar-refractivity contribution in [3.8, 4) is 0 Å². The van der Waals surface area contributed by atoms with E-state index in [4.69, 9.17) is 0 Å². The van der Waals surface area contributed by atoms with Gasteiger partial charge in [-0.1, -0.05) is 24.3 Å². The first kappa shape index (κ1) is 10.0. The van der Waals surface area contributed by atoms with Crippen molar-refractivity contribution in [3.63, 3.8) is 0 Å². The maximum atomic E-state index is 11.6. The van der Waals surface area contributed by atoms with Gasteiger partial charge >= 0.3 is 11.9 Å². The smallest absolute Gasteiger partial charge is 0.347 e. The maximum absolute atomic E-state index is 11.6. The summed E-state index contributed by atoms with van der Waals surface area (Å²) in [6, 6.07) is 7.74. The summed E-state index contributed by atoms with van der Waals surface area (Å²) in [6.45, 7) is 3.70. The fourth-order valence-electron chi connectivity index (χ4n) is 2.48. The quantitative estimate of drug-likeness (QED) is 0.512. The second kappa shape index (κ2) is 3.17. The summed E-state index contributed by atoms with van der Waals surface area (Å²) in [7, 11) is 0. The van der Waals surface area contributed by atoms with Crippen LogP contribution in [0.4, 0.5) is 0 Å². The first-order chi connectivity index (χ1) is 8.11. The molecule has 1 aliphatic heterocycles. The summed E-state index contributed by atoms with van der Waals surface area (Å²) >= 11 is 0. The minimum absolute atomic E-state index is 0.422. The average Bonchev–Trinajstić information content (AvgIpc) is 2.62. The third-order valence-corrected chi connectivity index (χ3v) is 3.33. The van der Waals surface area contributed by atoms with Gasteiger partial charge in [-0.05, 0) is 35.7 Å². The highest BCUT2D eigenvalue weighted by atomic mass is 16.6.